The topological polar surface area (TPSA) is 69.5 Å². The van der Waals surface area contributed by atoms with E-state index >= 15 is 0 Å². The molecule has 2 aromatic heterocycles. The number of hydrogen-bond donors (Lipinski definition) is 1. The Bertz CT molecular complexity index is 1540. The van der Waals surface area contributed by atoms with Gasteiger partial charge in [-0.2, -0.15) is 0 Å². The minimum Gasteiger partial charge on any atom is -0.354 e. The van der Waals surface area contributed by atoms with Crippen LogP contribution in [-0.4, -0.2) is 58.2 Å². The zero-order valence-electron chi connectivity index (χ0n) is 31.1. The average Bonchev–Trinajstić information content (AvgIpc) is 3.04. The third-order valence-corrected chi connectivity index (χ3v) is 2.88. The van der Waals surface area contributed by atoms with Crippen molar-refractivity contribution in [3.05, 3.63) is 29.5 Å². The summed E-state index contributed by atoms with van der Waals surface area (Å²) in [6.07, 6.45) is -5.59. The number of piperidine rings is 1. The van der Waals surface area contributed by atoms with Crippen LogP contribution in [-0.2, 0) is 4.79 Å². The van der Waals surface area contributed by atoms with Crippen LogP contribution in [0.15, 0.2) is 12.3 Å². The zero-order chi connectivity index (χ0) is 33.9. The number of carbonyl (C=O) groups excluding carboxylic acids is 1. The van der Waals surface area contributed by atoms with Crippen molar-refractivity contribution < 1.29 is 30.9 Å². The van der Waals surface area contributed by atoms with Crippen LogP contribution in [0.4, 0.5) is 5.82 Å². The van der Waals surface area contributed by atoms with Gasteiger partial charge >= 0.3 is 5.91 Å². The minimum atomic E-state index is -4.59. The first-order valence-corrected chi connectivity index (χ1v) is 6.33. The number of likely N-dealkylation sites (tertiary alicyclic amines) is 1. The fraction of sp³-hybridized carbons (Fsp3) is 0.529. The first-order valence-electron chi connectivity index (χ1n) is 15.8. The maximum atomic E-state index is 13.2. The number of anilines is 1. The van der Waals surface area contributed by atoms with E-state index in [1.807, 2.05) is 0 Å². The lowest BCUT2D eigenvalue weighted by molar-refractivity contribution is -0.130. The Morgan fingerprint density at radius 2 is 2.71 bits per heavy atom. The van der Waals surface area contributed by atoms with E-state index in [-0.39, 0.29) is 5.69 Å². The van der Waals surface area contributed by atoms with Gasteiger partial charge in [-0.05, 0) is 25.2 Å². The summed E-state index contributed by atoms with van der Waals surface area (Å²) >= 11 is 0. The Hall–Kier alpha value is -2.62. The molecular weight excluding hydrogens is 304 g/mol. The number of aromatic nitrogens is 3. The van der Waals surface area contributed by atoms with Gasteiger partial charge in [-0.25, -0.2) is 16.5 Å². The van der Waals surface area contributed by atoms with E-state index in [0.29, 0.717) is 4.98 Å². The van der Waals surface area contributed by atoms with Crippen LogP contribution in [0.5, 0.6) is 0 Å². The highest BCUT2D eigenvalue weighted by atomic mass is 16.2. The maximum absolute atomic E-state index is 13.2. The van der Waals surface area contributed by atoms with Crippen LogP contribution < -0.4 is 4.90 Å². The summed E-state index contributed by atoms with van der Waals surface area (Å²) in [6.45, 7) is -13.0. The number of rotatable bonds is 3. The summed E-state index contributed by atoms with van der Waals surface area (Å²) in [5.74, 6) is -8.37. The molecule has 3 heterocycles. The number of aromatic amines is 1. The highest BCUT2D eigenvalue weighted by Gasteiger charge is 2.33. The van der Waals surface area contributed by atoms with E-state index in [1.54, 1.807) is 0 Å². The molecule has 0 unspecified atom stereocenters. The lowest BCUT2D eigenvalue weighted by Crippen LogP contribution is -2.53. The molecule has 1 saturated heterocycles. The monoisotopic (exact) mass is 345 g/mol. The highest BCUT2D eigenvalue weighted by Crippen LogP contribution is 2.29. The molecule has 7 nitrogen and oxygen atoms in total. The first-order chi connectivity index (χ1) is 18.9. The second kappa shape index (κ2) is 6.48. The number of fused-ring (bicyclic) bond motifs is 1. The van der Waals surface area contributed by atoms with Crippen molar-refractivity contribution in [1.29, 1.82) is 0 Å². The quantitative estimate of drug-likeness (QED) is 0.862. The third-order valence-electron chi connectivity index (χ3n) is 2.88. The minimum absolute atomic E-state index is 0.269. The fourth-order valence-corrected chi connectivity index (χ4v) is 1.88. The summed E-state index contributed by atoms with van der Waals surface area (Å²) in [4.78, 5) is 21.6. The number of amides is 1. The van der Waals surface area contributed by atoms with E-state index in [1.165, 1.54) is 0 Å². The molecule has 1 aliphatic rings. The van der Waals surface area contributed by atoms with Crippen LogP contribution in [0.3, 0.4) is 0 Å². The van der Waals surface area contributed by atoms with Crippen LogP contribution >= 0.6 is 0 Å². The second-order valence-electron chi connectivity index (χ2n) is 4.44. The summed E-state index contributed by atoms with van der Waals surface area (Å²) in [6, 6.07) is -5.33. The van der Waals surface area contributed by atoms with Gasteiger partial charge in [-0.1, -0.05) is 6.85 Å². The number of H-pyrrole nitrogens is 1. The van der Waals surface area contributed by atoms with Gasteiger partial charge in [0.15, 0.2) is 1.41 Å². The van der Waals surface area contributed by atoms with Crippen LogP contribution in [0, 0.1) is 19.4 Å². The Kier molecular flexibility index (Phi) is 1.33. The van der Waals surface area contributed by atoms with Crippen molar-refractivity contribution >= 4 is 22.8 Å². The second-order valence-corrected chi connectivity index (χ2v) is 4.44. The molecular formula is C17H22N6O. The average molecular weight is 346 g/mol. The van der Waals surface area contributed by atoms with Crippen molar-refractivity contribution in [3.8, 4) is 0 Å². The standard InChI is InChI=1S/C17H22N6O/c1-11-5-6-23(15(24)8-18-3)9-14(11)22(4)17-13-7-12(2)21-16(13)19-10-20-17/h7,10-11,14H,5-6,8-9H2,1-2,4H3,(H,19,20,21)/t11-,14+/m1/s1/i1D3,4D3,5D2,6D2,7D,8D2,9D2,10D,11D,14D/hD. The molecule has 1 aliphatic heterocycles. The number of nitrogens with zero attached hydrogens (tertiary/aromatic N) is 5. The van der Waals surface area contributed by atoms with Crippen molar-refractivity contribution in [2.24, 2.45) is 5.89 Å². The largest absolute Gasteiger partial charge is 0.354 e. The lowest BCUT2D eigenvalue weighted by atomic mass is 9.92. The summed E-state index contributed by atoms with van der Waals surface area (Å²) in [5.41, 5.74) is -0.944. The third kappa shape index (κ3) is 2.92. The number of likely N-dealkylation sites (N-methyl/N-ethyl adjacent to an activating group) is 1. The van der Waals surface area contributed by atoms with E-state index < -0.39 is 96.5 Å². The zero-order valence-corrected chi connectivity index (χ0v) is 12.1. The molecule has 0 aromatic carbocycles. The Morgan fingerprint density at radius 1 is 1.83 bits per heavy atom. The van der Waals surface area contributed by atoms with Gasteiger partial charge in [0.25, 0.3) is 6.50 Å². The molecule has 1 amide bonds. The fourth-order valence-electron chi connectivity index (χ4n) is 1.88. The van der Waals surface area contributed by atoms with E-state index in [0.717, 1.165) is 6.92 Å². The predicted molar refractivity (Wildman–Crippen MR) is 92.6 cm³/mol. The molecule has 2 aromatic rings. The molecule has 7 heteroatoms. The number of carbonyl (C=O) groups is 1. The summed E-state index contributed by atoms with van der Waals surface area (Å²) in [5, 5.41) is -0.793. The molecule has 0 radical (unpaired) electrons. The van der Waals surface area contributed by atoms with Crippen molar-refractivity contribution in [2.75, 3.05) is 31.4 Å². The van der Waals surface area contributed by atoms with Crippen molar-refractivity contribution in [2.45, 2.75) is 26.2 Å². The number of hydrogen-bond acceptors (Lipinski definition) is 4. The molecule has 2 atom stereocenters. The van der Waals surface area contributed by atoms with Gasteiger partial charge in [-0.15, -0.1) is 0 Å². The molecule has 1 N–H and O–H groups in total. The molecule has 0 saturated carbocycles. The Morgan fingerprint density at radius 3 is 3.46 bits per heavy atom. The number of nitrogens with one attached hydrogen (secondary N) is 1. The summed E-state index contributed by atoms with van der Waals surface area (Å²) < 4.78 is 158. The van der Waals surface area contributed by atoms with Gasteiger partial charge in [0.05, 0.1) is 16.9 Å². The molecule has 1 fully saturated rings. The SMILES string of the molecule is [2H]c1nc(N(C([2H])([2H])[2H])[C@@]2([2H])C([2H])([2H])N(C(=O)C([2H])([2H])[N+]#[C-])C([2H])([2H])C([2H])([2H])[C@@]2([2H])C([2H])([2H])[2H])c2c([2H])c(C)n([2H])c2n1. The Balaban J connectivity index is 2.73. The molecule has 0 spiro atoms. The van der Waals surface area contributed by atoms with Gasteiger partial charge in [0.2, 0.25) is 0 Å². The summed E-state index contributed by atoms with van der Waals surface area (Å²) in [7, 11) is 0. The van der Waals surface area contributed by atoms with Gasteiger partial charge in [-0.3, -0.25) is 4.79 Å². The predicted octanol–water partition coefficient (Wildman–Crippen LogP) is 1.86. The molecule has 3 rings (SSSR count). The molecule has 0 aliphatic carbocycles. The van der Waals surface area contributed by atoms with Crippen LogP contribution in [0.1, 0.15) is 43.6 Å². The van der Waals surface area contributed by atoms with Crippen molar-refractivity contribution in [1.82, 2.24) is 19.8 Å². The lowest BCUT2D eigenvalue weighted by Gasteiger charge is -2.41. The van der Waals surface area contributed by atoms with E-state index in [2.05, 4.69) is 14.8 Å². The molecule has 126 valence electrons. The highest BCUT2D eigenvalue weighted by molar-refractivity contribution is 5.88. The molecule has 0 bridgehead atoms. The van der Waals surface area contributed by atoms with Crippen LogP contribution in [0.25, 0.3) is 15.9 Å². The smallest absolute Gasteiger partial charge is 0.302 e. The molecule has 24 heavy (non-hydrogen) atoms. The first kappa shape index (κ1) is 4.94. The van der Waals surface area contributed by atoms with E-state index in [9.17, 15) is 6.17 Å². The Labute approximate surface area is 168 Å². The van der Waals surface area contributed by atoms with Gasteiger partial charge in [0.1, 0.15) is 21.9 Å². The van der Waals surface area contributed by atoms with Gasteiger partial charge in [0, 0.05) is 40.7 Å². The van der Waals surface area contributed by atoms with E-state index in [4.69, 9.17) is 31.3 Å². The normalized spacial score (nSPS) is 46.5. The van der Waals surface area contributed by atoms with Gasteiger partial charge < -0.3 is 19.6 Å². The van der Waals surface area contributed by atoms with Crippen molar-refractivity contribution in [3.63, 3.8) is 0 Å². The van der Waals surface area contributed by atoms with Crippen LogP contribution in [0.2, 0.25) is 1.41 Å². The maximum Gasteiger partial charge on any atom is 0.302 e.